The number of aliphatic hydroxyl groups is 12. The summed E-state index contributed by atoms with van der Waals surface area (Å²) in [6.45, 7) is 15.7. The van der Waals surface area contributed by atoms with E-state index in [1.807, 2.05) is 0 Å². The van der Waals surface area contributed by atoms with Gasteiger partial charge in [-0.3, -0.25) is 0 Å². The lowest BCUT2D eigenvalue weighted by molar-refractivity contribution is -0.341. The highest BCUT2D eigenvalue weighted by Gasteiger charge is 2.67. The van der Waals surface area contributed by atoms with Crippen molar-refractivity contribution in [3.63, 3.8) is 0 Å². The molecule has 3 unspecified atom stereocenters. The molecule has 0 radical (unpaired) electrons. The van der Waals surface area contributed by atoms with Gasteiger partial charge in [0.05, 0.1) is 37.6 Å². The van der Waals surface area contributed by atoms with E-state index >= 15 is 0 Å². The van der Waals surface area contributed by atoms with Crippen molar-refractivity contribution in [1.29, 1.82) is 0 Å². The molecule has 24 atom stereocenters. The lowest BCUT2D eigenvalue weighted by Gasteiger charge is -2.66. The molecule has 4 aliphatic carbocycles. The maximum atomic E-state index is 11.4. The van der Waals surface area contributed by atoms with Gasteiger partial charge in [0.1, 0.15) is 73.2 Å². The molecule has 7 rings (SSSR count). The van der Waals surface area contributed by atoms with E-state index in [4.69, 9.17) is 28.4 Å². The Kier molecular flexibility index (Phi) is 15.7. The summed E-state index contributed by atoms with van der Waals surface area (Å²) < 4.78 is 35.4. The van der Waals surface area contributed by atoms with E-state index in [-0.39, 0.29) is 28.3 Å². The molecular formula is C48H82O18. The smallest absolute Gasteiger partial charge is 0.187 e. The normalized spacial score (nSPS) is 50.4. The third-order valence-electron chi connectivity index (χ3n) is 18.6. The van der Waals surface area contributed by atoms with Crippen molar-refractivity contribution in [2.24, 2.45) is 45.3 Å². The first kappa shape index (κ1) is 52.8. The van der Waals surface area contributed by atoms with E-state index in [2.05, 4.69) is 47.6 Å². The van der Waals surface area contributed by atoms with Crippen LogP contribution in [0.3, 0.4) is 0 Å². The van der Waals surface area contributed by atoms with Gasteiger partial charge in [0.25, 0.3) is 0 Å². The van der Waals surface area contributed by atoms with Gasteiger partial charge in [0, 0.05) is 5.41 Å². The van der Waals surface area contributed by atoms with Crippen LogP contribution in [0.25, 0.3) is 0 Å². The molecular weight excluding hydrogens is 865 g/mol. The molecule has 66 heavy (non-hydrogen) atoms. The fourth-order valence-electron chi connectivity index (χ4n) is 14.1. The van der Waals surface area contributed by atoms with Crippen LogP contribution in [0.15, 0.2) is 11.6 Å². The molecule has 3 saturated heterocycles. The van der Waals surface area contributed by atoms with Crippen LogP contribution >= 0.6 is 0 Å². The van der Waals surface area contributed by atoms with Crippen molar-refractivity contribution in [2.45, 2.75) is 223 Å². The highest BCUT2D eigenvalue weighted by molar-refractivity contribution is 5.30. The zero-order valence-corrected chi connectivity index (χ0v) is 40.0. The molecule has 0 bridgehead atoms. The maximum Gasteiger partial charge on any atom is 0.187 e. The summed E-state index contributed by atoms with van der Waals surface area (Å²) >= 11 is 0. The standard InChI is InChI=1S/C48H82O18/c1-22(9-13-31(45(4,5)60)66-43-40(59)37(56)34(53)28(64-43)21-61-41-38(57)35(54)32(51)26(19-49)62-41)23-15-16-48(8)29-12-10-24-25(46(29,6)17-18-47(23,48)7)11-14-30(44(24,2)3)65-42-39(58)36(55)33(52)27(20-50)63-42/h10,22-23,25-43,49-60H,9,11-21H2,1-8H3/t22-,23?,25?,26-,27-,28-,29?,30+,31-,32-,33-,34-,35+,36+,37+,38-,39-,40-,41-,42+,43+,46+,47-,48+/m1/s1. The van der Waals surface area contributed by atoms with Gasteiger partial charge in [-0.25, -0.2) is 0 Å². The topological polar surface area (TPSA) is 298 Å². The average Bonchev–Trinajstić information content (AvgIpc) is 3.55. The van der Waals surface area contributed by atoms with Crippen molar-refractivity contribution in [3.8, 4) is 0 Å². The van der Waals surface area contributed by atoms with Crippen LogP contribution in [-0.4, -0.2) is 191 Å². The molecule has 382 valence electrons. The quantitative estimate of drug-likeness (QED) is 0.102. The zero-order valence-electron chi connectivity index (χ0n) is 40.0. The summed E-state index contributed by atoms with van der Waals surface area (Å²) in [6, 6.07) is 0. The first-order valence-corrected chi connectivity index (χ1v) is 24.4. The third kappa shape index (κ3) is 9.12. The number of aliphatic hydroxyl groups excluding tert-OH is 11. The van der Waals surface area contributed by atoms with Crippen LogP contribution in [0, 0.1) is 45.3 Å². The molecule has 7 aliphatic rings. The molecule has 0 spiro atoms. The highest BCUT2D eigenvalue weighted by Crippen LogP contribution is 2.75. The number of hydrogen-bond donors (Lipinski definition) is 12. The van der Waals surface area contributed by atoms with E-state index in [0.29, 0.717) is 30.6 Å². The Labute approximate surface area is 388 Å². The molecule has 3 aliphatic heterocycles. The number of fused-ring (bicyclic) bond motifs is 5. The van der Waals surface area contributed by atoms with Gasteiger partial charge < -0.3 is 89.7 Å². The van der Waals surface area contributed by atoms with Gasteiger partial charge in [-0.2, -0.15) is 0 Å². The minimum absolute atomic E-state index is 0.0308. The minimum atomic E-state index is -1.72. The Morgan fingerprint density at radius 2 is 1.20 bits per heavy atom. The summed E-state index contributed by atoms with van der Waals surface area (Å²) in [5.41, 5.74) is -0.322. The first-order valence-electron chi connectivity index (χ1n) is 24.4. The van der Waals surface area contributed by atoms with E-state index in [0.717, 1.165) is 44.9 Å². The summed E-state index contributed by atoms with van der Waals surface area (Å²) in [5.74, 6) is 1.39. The average molecular weight is 947 g/mol. The molecule has 18 nitrogen and oxygen atoms in total. The van der Waals surface area contributed by atoms with Crippen molar-refractivity contribution in [3.05, 3.63) is 11.6 Å². The SMILES string of the molecule is C[C@H](CC[C@@H](O[C@@H]1O[C@H](CO[C@@H]2O[C@H](CO)[C@@H](O)[C@H](O)[C@H]2O)[C@@H](O)[C@H](O)[C@H]1O)C(C)(C)O)C1CC[C@@]2(C)C3CC=C4C(CC[C@H](O[C@@H]5O[C@H](CO)[C@@H](O)[C@H](O)[C@H]5O)C4(C)C)[C@]3(C)CC[C@]12C. The molecule has 0 aromatic rings. The van der Waals surface area contributed by atoms with Crippen molar-refractivity contribution < 1.29 is 89.7 Å². The van der Waals surface area contributed by atoms with Crippen LogP contribution < -0.4 is 0 Å². The molecule has 3 saturated carbocycles. The van der Waals surface area contributed by atoms with E-state index in [1.165, 1.54) is 5.57 Å². The number of allylic oxidation sites excluding steroid dienone is 1. The van der Waals surface area contributed by atoms with Crippen LogP contribution in [0.4, 0.5) is 0 Å². The van der Waals surface area contributed by atoms with Gasteiger partial charge in [0.15, 0.2) is 18.9 Å². The molecule has 12 N–H and O–H groups in total. The van der Waals surface area contributed by atoms with E-state index < -0.39 is 129 Å². The van der Waals surface area contributed by atoms with Crippen molar-refractivity contribution in [1.82, 2.24) is 0 Å². The lowest BCUT2D eigenvalue weighted by Crippen LogP contribution is -2.62. The first-order chi connectivity index (χ1) is 30.8. The molecule has 0 amide bonds. The molecule has 0 aromatic heterocycles. The second kappa shape index (κ2) is 19.6. The molecule has 0 aromatic carbocycles. The number of hydrogen-bond acceptors (Lipinski definition) is 18. The molecule has 18 heteroatoms. The van der Waals surface area contributed by atoms with Crippen LogP contribution in [0.1, 0.15) is 113 Å². The monoisotopic (exact) mass is 947 g/mol. The highest BCUT2D eigenvalue weighted by atomic mass is 16.7. The second-order valence-corrected chi connectivity index (χ2v) is 23.0. The minimum Gasteiger partial charge on any atom is -0.394 e. The Bertz CT molecular complexity index is 1670. The lowest BCUT2D eigenvalue weighted by atomic mass is 9.39. The Balaban J connectivity index is 0.997. The maximum absolute atomic E-state index is 11.4. The van der Waals surface area contributed by atoms with Gasteiger partial charge >= 0.3 is 0 Å². The fourth-order valence-corrected chi connectivity index (χ4v) is 14.1. The van der Waals surface area contributed by atoms with Crippen LogP contribution in [0.2, 0.25) is 0 Å². The number of ether oxygens (including phenoxy) is 6. The van der Waals surface area contributed by atoms with E-state index in [1.54, 1.807) is 13.8 Å². The van der Waals surface area contributed by atoms with Gasteiger partial charge in [0.2, 0.25) is 0 Å². The Morgan fingerprint density at radius 1 is 0.652 bits per heavy atom. The molecule has 3 heterocycles. The fraction of sp³-hybridized carbons (Fsp3) is 0.958. The largest absolute Gasteiger partial charge is 0.394 e. The van der Waals surface area contributed by atoms with Crippen molar-refractivity contribution >= 4 is 0 Å². The van der Waals surface area contributed by atoms with E-state index in [9.17, 15) is 61.3 Å². The van der Waals surface area contributed by atoms with Gasteiger partial charge in [-0.05, 0) is 112 Å². The summed E-state index contributed by atoms with van der Waals surface area (Å²) in [6.07, 6.45) is -13.0. The Morgan fingerprint density at radius 3 is 1.79 bits per heavy atom. The summed E-state index contributed by atoms with van der Waals surface area (Å²) in [4.78, 5) is 0. The predicted octanol–water partition coefficient (Wildman–Crippen LogP) is -0.0268. The zero-order chi connectivity index (χ0) is 48.6. The Hall–Kier alpha value is -0.980. The summed E-state index contributed by atoms with van der Waals surface area (Å²) in [7, 11) is 0. The molecule has 6 fully saturated rings. The van der Waals surface area contributed by atoms with Crippen LogP contribution in [0.5, 0.6) is 0 Å². The predicted molar refractivity (Wildman–Crippen MR) is 234 cm³/mol. The van der Waals surface area contributed by atoms with Gasteiger partial charge in [-0.1, -0.05) is 53.2 Å². The summed E-state index contributed by atoms with van der Waals surface area (Å²) in [5, 5.41) is 126. The third-order valence-corrected chi connectivity index (χ3v) is 18.6. The number of rotatable bonds is 14. The van der Waals surface area contributed by atoms with Gasteiger partial charge in [-0.15, -0.1) is 0 Å². The van der Waals surface area contributed by atoms with Crippen molar-refractivity contribution in [2.75, 3.05) is 19.8 Å². The second-order valence-electron chi connectivity index (χ2n) is 23.0. The van der Waals surface area contributed by atoms with Crippen LogP contribution in [-0.2, 0) is 28.4 Å².